The highest BCUT2D eigenvalue weighted by molar-refractivity contribution is 7.93. The Morgan fingerprint density at radius 3 is 2.61 bits per heavy atom. The summed E-state index contributed by atoms with van der Waals surface area (Å²) < 4.78 is 22.1. The Morgan fingerprint density at radius 2 is 2.06 bits per heavy atom. The second kappa shape index (κ2) is 6.33. The third-order valence-corrected chi connectivity index (χ3v) is 4.00. The number of sulfone groups is 1. The molecule has 0 aromatic heterocycles. The average Bonchev–Trinajstić information content (AvgIpc) is 2.50. The maximum Gasteiger partial charge on any atom is 0.220 e. The zero-order chi connectivity index (χ0) is 13.8. The topological polar surface area (TPSA) is 80.5 Å². The largest absolute Gasteiger partial charge is 0.369 e. The number of nitrogens with zero attached hydrogens (tertiary/aromatic N) is 1. The molecule has 1 saturated heterocycles. The predicted molar refractivity (Wildman–Crippen MR) is 71.6 cm³/mol. The van der Waals surface area contributed by atoms with Gasteiger partial charge in [-0.05, 0) is 39.3 Å². The minimum absolute atomic E-state index is 0.0407. The molecule has 1 rings (SSSR count). The van der Waals surface area contributed by atoms with Gasteiger partial charge in [0.25, 0.3) is 0 Å². The summed E-state index contributed by atoms with van der Waals surface area (Å²) >= 11 is 0. The molecule has 18 heavy (non-hydrogen) atoms. The summed E-state index contributed by atoms with van der Waals surface area (Å²) in [6.45, 7) is 3.62. The zero-order valence-corrected chi connectivity index (χ0v) is 11.8. The molecular weight excluding hydrogens is 252 g/mol. The number of rotatable bonds is 4. The fourth-order valence-electron chi connectivity index (χ4n) is 2.19. The van der Waals surface area contributed by atoms with Gasteiger partial charge in [-0.3, -0.25) is 9.69 Å². The van der Waals surface area contributed by atoms with Gasteiger partial charge in [0.2, 0.25) is 5.91 Å². The number of hydrogen-bond donors (Lipinski definition) is 1. The van der Waals surface area contributed by atoms with E-state index in [1.54, 1.807) is 6.08 Å². The second-order valence-electron chi connectivity index (χ2n) is 4.96. The summed E-state index contributed by atoms with van der Waals surface area (Å²) in [7, 11) is -3.07. The maximum atomic E-state index is 11.2. The lowest BCUT2D eigenvalue weighted by atomic mass is 10.0. The van der Waals surface area contributed by atoms with Gasteiger partial charge in [0.05, 0.1) is 0 Å². The van der Waals surface area contributed by atoms with Crippen LogP contribution in [0.2, 0.25) is 0 Å². The van der Waals surface area contributed by atoms with Crippen molar-refractivity contribution in [2.45, 2.75) is 32.2 Å². The molecule has 1 fully saturated rings. The van der Waals surface area contributed by atoms with E-state index in [9.17, 15) is 13.2 Å². The minimum Gasteiger partial charge on any atom is -0.369 e. The van der Waals surface area contributed by atoms with E-state index in [1.807, 2.05) is 6.92 Å². The number of carbonyl (C=O) groups is 1. The van der Waals surface area contributed by atoms with Gasteiger partial charge in [0, 0.05) is 23.6 Å². The van der Waals surface area contributed by atoms with E-state index >= 15 is 0 Å². The minimum atomic E-state index is -3.07. The van der Waals surface area contributed by atoms with E-state index in [2.05, 4.69) is 4.90 Å². The zero-order valence-electron chi connectivity index (χ0n) is 11.0. The van der Waals surface area contributed by atoms with E-state index in [0.29, 0.717) is 0 Å². The Bertz CT molecular complexity index is 417. The third kappa shape index (κ3) is 5.18. The normalized spacial score (nSPS) is 24.9. The number of amides is 1. The molecule has 2 N–H and O–H groups in total. The van der Waals surface area contributed by atoms with Crippen LogP contribution in [0.1, 0.15) is 26.2 Å². The Labute approximate surface area is 109 Å². The van der Waals surface area contributed by atoms with Gasteiger partial charge in [-0.25, -0.2) is 8.42 Å². The Morgan fingerprint density at radius 1 is 1.39 bits per heavy atom. The number of carbonyl (C=O) groups excluding carboxylic acids is 1. The molecule has 0 saturated carbocycles. The number of likely N-dealkylation sites (tertiary alicyclic amines) is 1. The number of hydrogen-bond acceptors (Lipinski definition) is 4. The van der Waals surface area contributed by atoms with E-state index in [4.69, 9.17) is 5.73 Å². The van der Waals surface area contributed by atoms with Crippen LogP contribution in [0.25, 0.3) is 0 Å². The van der Waals surface area contributed by atoms with Crippen LogP contribution in [0.5, 0.6) is 0 Å². The van der Waals surface area contributed by atoms with Crippen LogP contribution in [-0.4, -0.2) is 44.6 Å². The summed E-state index contributed by atoms with van der Waals surface area (Å²) in [6.07, 6.45) is 5.38. The quantitative estimate of drug-likeness (QED) is 0.810. The fraction of sp³-hybridized carbons (Fsp3) is 0.750. The van der Waals surface area contributed by atoms with Crippen molar-refractivity contribution in [3.63, 3.8) is 0 Å². The summed E-state index contributed by atoms with van der Waals surface area (Å²) in [5, 5.41) is 1.24. The van der Waals surface area contributed by atoms with E-state index < -0.39 is 9.84 Å². The SMILES string of the molecule is C[C@@H](/C=C\S(C)(=O)=O)N1CCCC(C(N)=O)CC1. The van der Waals surface area contributed by atoms with Crippen LogP contribution in [0.15, 0.2) is 11.5 Å². The lowest BCUT2D eigenvalue weighted by Gasteiger charge is -2.25. The first-order chi connectivity index (χ1) is 8.29. The number of nitrogens with two attached hydrogens (primary N) is 1. The lowest BCUT2D eigenvalue weighted by Crippen LogP contribution is -2.33. The molecule has 0 spiro atoms. The molecule has 1 unspecified atom stereocenters. The maximum absolute atomic E-state index is 11.2. The van der Waals surface area contributed by atoms with Gasteiger partial charge < -0.3 is 5.73 Å². The summed E-state index contributed by atoms with van der Waals surface area (Å²) in [5.74, 6) is -0.266. The Kier molecular flexibility index (Phi) is 5.34. The van der Waals surface area contributed by atoms with Crippen molar-refractivity contribution < 1.29 is 13.2 Å². The van der Waals surface area contributed by atoms with E-state index in [-0.39, 0.29) is 17.9 Å². The van der Waals surface area contributed by atoms with Crippen LogP contribution >= 0.6 is 0 Å². The molecular formula is C12H22N2O3S. The van der Waals surface area contributed by atoms with Crippen molar-refractivity contribution >= 4 is 15.7 Å². The van der Waals surface area contributed by atoms with Crippen molar-refractivity contribution in [3.8, 4) is 0 Å². The van der Waals surface area contributed by atoms with Gasteiger partial charge in [0.1, 0.15) is 0 Å². The van der Waals surface area contributed by atoms with Gasteiger partial charge in [-0.15, -0.1) is 0 Å². The molecule has 2 atom stereocenters. The summed E-state index contributed by atoms with van der Waals surface area (Å²) in [4.78, 5) is 13.3. The smallest absolute Gasteiger partial charge is 0.220 e. The molecule has 0 radical (unpaired) electrons. The molecule has 1 heterocycles. The fourth-order valence-corrected chi connectivity index (χ4v) is 2.70. The highest BCUT2D eigenvalue weighted by atomic mass is 32.2. The summed E-state index contributed by atoms with van der Waals surface area (Å²) in [6, 6.07) is 0.0614. The van der Waals surface area contributed by atoms with Crippen molar-refractivity contribution in [1.82, 2.24) is 4.90 Å². The van der Waals surface area contributed by atoms with Crippen molar-refractivity contribution in [2.24, 2.45) is 11.7 Å². The highest BCUT2D eigenvalue weighted by Crippen LogP contribution is 2.19. The van der Waals surface area contributed by atoms with Crippen LogP contribution in [0.4, 0.5) is 0 Å². The molecule has 0 aromatic rings. The number of primary amides is 1. The molecule has 104 valence electrons. The standard InChI is InChI=1S/C12H22N2O3S/c1-10(6-9-18(2,16)17)14-7-3-4-11(5-8-14)12(13)15/h6,9-11H,3-5,7-8H2,1-2H3,(H2,13,15)/b9-6-/t10-,11?/m0/s1. The van der Waals surface area contributed by atoms with Gasteiger partial charge in [-0.1, -0.05) is 6.08 Å². The van der Waals surface area contributed by atoms with Crippen molar-refractivity contribution in [3.05, 3.63) is 11.5 Å². The second-order valence-corrected chi connectivity index (χ2v) is 6.90. The molecule has 1 aliphatic heterocycles. The first-order valence-electron chi connectivity index (χ1n) is 6.21. The van der Waals surface area contributed by atoms with Crippen molar-refractivity contribution in [1.29, 1.82) is 0 Å². The Hall–Kier alpha value is -0.880. The van der Waals surface area contributed by atoms with E-state index in [0.717, 1.165) is 32.4 Å². The highest BCUT2D eigenvalue weighted by Gasteiger charge is 2.22. The molecule has 6 heteroatoms. The lowest BCUT2D eigenvalue weighted by molar-refractivity contribution is -0.122. The summed E-state index contributed by atoms with van der Waals surface area (Å²) in [5.41, 5.74) is 5.32. The van der Waals surface area contributed by atoms with Crippen LogP contribution < -0.4 is 5.73 Å². The van der Waals surface area contributed by atoms with Crippen molar-refractivity contribution in [2.75, 3.05) is 19.3 Å². The predicted octanol–water partition coefficient (Wildman–Crippen LogP) is 0.521. The third-order valence-electron chi connectivity index (χ3n) is 3.35. The molecule has 5 nitrogen and oxygen atoms in total. The van der Waals surface area contributed by atoms with Gasteiger partial charge in [0.15, 0.2) is 9.84 Å². The van der Waals surface area contributed by atoms with Crippen LogP contribution in [-0.2, 0) is 14.6 Å². The Balaban J connectivity index is 2.57. The van der Waals surface area contributed by atoms with Gasteiger partial charge in [-0.2, -0.15) is 0 Å². The average molecular weight is 274 g/mol. The first kappa shape index (κ1) is 15.2. The molecule has 0 aromatic carbocycles. The molecule has 0 aliphatic carbocycles. The molecule has 1 amide bonds. The van der Waals surface area contributed by atoms with E-state index in [1.165, 1.54) is 11.7 Å². The first-order valence-corrected chi connectivity index (χ1v) is 8.16. The van der Waals surface area contributed by atoms with Crippen LogP contribution in [0, 0.1) is 5.92 Å². The van der Waals surface area contributed by atoms with Crippen LogP contribution in [0.3, 0.4) is 0 Å². The monoisotopic (exact) mass is 274 g/mol. The van der Waals surface area contributed by atoms with Gasteiger partial charge >= 0.3 is 0 Å². The molecule has 1 aliphatic rings. The molecule has 0 bridgehead atoms.